The van der Waals surface area contributed by atoms with Crippen LogP contribution in [0.25, 0.3) is 5.69 Å². The van der Waals surface area contributed by atoms with Gasteiger partial charge in [0.05, 0.1) is 37.0 Å². The zero-order chi connectivity index (χ0) is 27.2. The van der Waals surface area contributed by atoms with E-state index in [1.165, 1.54) is 4.88 Å². The highest BCUT2D eigenvalue weighted by molar-refractivity contribution is 7.10. The summed E-state index contributed by atoms with van der Waals surface area (Å²) in [4.78, 5) is 13.8. The van der Waals surface area contributed by atoms with Crippen molar-refractivity contribution in [2.75, 3.05) is 24.4 Å². The number of hydrogen-bond donors (Lipinski definition) is 1. The third-order valence-corrected chi connectivity index (χ3v) is 8.02. The number of benzene rings is 3. The summed E-state index contributed by atoms with van der Waals surface area (Å²) in [5.41, 5.74) is 5.64. The number of amidine groups is 2. The van der Waals surface area contributed by atoms with Crippen LogP contribution in [0, 0.1) is 6.92 Å². The minimum atomic E-state index is -0.126. The summed E-state index contributed by atoms with van der Waals surface area (Å²) >= 11 is 1.73. The number of nitrogens with zero attached hydrogens (tertiary/aromatic N) is 5. The van der Waals surface area contributed by atoms with Gasteiger partial charge in [-0.15, -0.1) is 11.3 Å². The molecule has 0 radical (unpaired) electrons. The molecule has 0 amide bonds. The van der Waals surface area contributed by atoms with E-state index in [2.05, 4.69) is 40.7 Å². The molecular weight excluding hydrogens is 520 g/mol. The zero-order valence-electron chi connectivity index (χ0n) is 22.2. The monoisotopic (exact) mass is 546 g/mol. The van der Waals surface area contributed by atoms with Gasteiger partial charge in [-0.2, -0.15) is 5.10 Å². The highest BCUT2D eigenvalue weighted by Gasteiger charge is 2.41. The van der Waals surface area contributed by atoms with Gasteiger partial charge < -0.3 is 19.7 Å². The summed E-state index contributed by atoms with van der Waals surface area (Å²) in [5, 5.41) is 10.6. The number of ether oxygens (including phenoxy) is 2. The number of aromatic nitrogens is 2. The van der Waals surface area contributed by atoms with E-state index in [1.54, 1.807) is 25.6 Å². The van der Waals surface area contributed by atoms with Crippen molar-refractivity contribution in [3.8, 4) is 17.2 Å². The highest BCUT2D eigenvalue weighted by atomic mass is 32.1. The Labute approximate surface area is 235 Å². The maximum Gasteiger partial charge on any atom is 0.179 e. The van der Waals surface area contributed by atoms with Gasteiger partial charge in [0.15, 0.2) is 29.0 Å². The molecule has 198 valence electrons. The number of fused-ring (bicyclic) bond motifs is 4. The summed E-state index contributed by atoms with van der Waals surface area (Å²) in [6.07, 6.45) is 0. The number of para-hydroxylation sites is 3. The molecule has 0 unspecified atom stereocenters. The summed E-state index contributed by atoms with van der Waals surface area (Å²) < 4.78 is 12.9. The van der Waals surface area contributed by atoms with Crippen molar-refractivity contribution in [3.05, 3.63) is 106 Å². The van der Waals surface area contributed by atoms with Gasteiger partial charge in [0.2, 0.25) is 0 Å². The quantitative estimate of drug-likeness (QED) is 0.256. The van der Waals surface area contributed by atoms with Crippen LogP contribution in [-0.4, -0.2) is 35.7 Å². The number of hydrogen-bond acceptors (Lipinski definition) is 8. The second kappa shape index (κ2) is 9.69. The lowest BCUT2D eigenvalue weighted by atomic mass is 9.98. The van der Waals surface area contributed by atoms with Gasteiger partial charge in [-0.3, -0.25) is 0 Å². The number of aliphatic imine (C=N–C) groups is 2. The average molecular weight is 547 g/mol. The van der Waals surface area contributed by atoms with E-state index >= 15 is 0 Å². The standard InChI is InChI=1S/C31H26N6O2S/c1-19-27-28(26-14-9-17-40-26)36-23-13-8-7-12-22(23)33-29(32-20-15-16-24(38-2)25(18-20)39-3)31(36)34-30(27)37(35-19)21-10-5-4-6-11-21/h4-18,28H,1-3H3,(H,32,33)/t28-/m0/s1. The molecule has 1 atom stereocenters. The Bertz CT molecular complexity index is 1780. The molecule has 2 aromatic heterocycles. The minimum Gasteiger partial charge on any atom is -0.493 e. The average Bonchev–Trinajstić information content (AvgIpc) is 3.65. The molecule has 1 N–H and O–H groups in total. The van der Waals surface area contributed by atoms with Crippen LogP contribution < -0.4 is 19.7 Å². The van der Waals surface area contributed by atoms with Crippen LogP contribution in [-0.2, 0) is 0 Å². The molecule has 0 saturated heterocycles. The van der Waals surface area contributed by atoms with Gasteiger partial charge in [0.25, 0.3) is 0 Å². The molecule has 9 heteroatoms. The van der Waals surface area contributed by atoms with Crippen molar-refractivity contribution in [3.63, 3.8) is 0 Å². The fourth-order valence-electron chi connectivity index (χ4n) is 5.31. The fourth-order valence-corrected chi connectivity index (χ4v) is 6.14. The van der Waals surface area contributed by atoms with Crippen LogP contribution in [0.3, 0.4) is 0 Å². The van der Waals surface area contributed by atoms with Crippen LogP contribution in [0.5, 0.6) is 11.5 Å². The Morgan fingerprint density at radius 2 is 1.65 bits per heavy atom. The summed E-state index contributed by atoms with van der Waals surface area (Å²) in [6.45, 7) is 2.06. The lowest BCUT2D eigenvalue weighted by Crippen LogP contribution is -2.46. The van der Waals surface area contributed by atoms with Gasteiger partial charge in [-0.25, -0.2) is 14.7 Å². The molecule has 7 rings (SSSR count). The summed E-state index contributed by atoms with van der Waals surface area (Å²) in [6, 6.07) is 28.2. The Morgan fingerprint density at radius 3 is 2.42 bits per heavy atom. The first kappa shape index (κ1) is 24.2. The minimum absolute atomic E-state index is 0.126. The van der Waals surface area contributed by atoms with Crippen LogP contribution in [0.4, 0.5) is 22.9 Å². The second-order valence-electron chi connectivity index (χ2n) is 9.44. The van der Waals surface area contributed by atoms with Gasteiger partial charge in [-0.05, 0) is 54.8 Å². The molecule has 0 bridgehead atoms. The predicted octanol–water partition coefficient (Wildman–Crippen LogP) is 7.05. The third kappa shape index (κ3) is 3.85. The van der Waals surface area contributed by atoms with Crippen LogP contribution in [0.15, 0.2) is 100 Å². The maximum absolute atomic E-state index is 5.55. The predicted molar refractivity (Wildman–Crippen MR) is 161 cm³/mol. The van der Waals surface area contributed by atoms with Crippen molar-refractivity contribution in [1.82, 2.24) is 9.78 Å². The van der Waals surface area contributed by atoms with E-state index in [9.17, 15) is 0 Å². The van der Waals surface area contributed by atoms with Crippen LogP contribution >= 0.6 is 11.3 Å². The van der Waals surface area contributed by atoms with Gasteiger partial charge in [0.1, 0.15) is 6.04 Å². The van der Waals surface area contributed by atoms with E-state index in [0.29, 0.717) is 17.3 Å². The molecule has 0 spiro atoms. The van der Waals surface area contributed by atoms with Crippen molar-refractivity contribution in [2.24, 2.45) is 9.98 Å². The summed E-state index contributed by atoms with van der Waals surface area (Å²) in [7, 11) is 3.26. The van der Waals surface area contributed by atoms with Crippen molar-refractivity contribution >= 4 is 45.9 Å². The molecule has 8 nitrogen and oxygen atoms in total. The first-order chi connectivity index (χ1) is 19.7. The van der Waals surface area contributed by atoms with Crippen LogP contribution in [0.2, 0.25) is 0 Å². The second-order valence-corrected chi connectivity index (χ2v) is 10.4. The SMILES string of the molecule is COc1ccc(NC2=Nc3ccccc3N3C2=Nc2c(c(C)nn2-c2ccccc2)[C@@H]3c2cccs2)cc1OC. The van der Waals surface area contributed by atoms with E-state index in [-0.39, 0.29) is 6.04 Å². The third-order valence-electron chi connectivity index (χ3n) is 7.10. The molecule has 2 aliphatic heterocycles. The molecule has 0 saturated carbocycles. The van der Waals surface area contributed by atoms with Crippen molar-refractivity contribution in [1.29, 1.82) is 0 Å². The zero-order valence-corrected chi connectivity index (χ0v) is 23.0. The van der Waals surface area contributed by atoms with Gasteiger partial charge in [0, 0.05) is 22.2 Å². The normalized spacial score (nSPS) is 15.4. The van der Waals surface area contributed by atoms with Gasteiger partial charge >= 0.3 is 0 Å². The number of nitrogens with one attached hydrogen (secondary N) is 1. The summed E-state index contributed by atoms with van der Waals surface area (Å²) in [5.74, 6) is 3.44. The Balaban J connectivity index is 1.45. The first-order valence-electron chi connectivity index (χ1n) is 12.9. The fraction of sp³-hybridized carbons (Fsp3) is 0.129. The maximum atomic E-state index is 5.55. The molecule has 4 heterocycles. The molecular formula is C31H26N6O2S. The highest BCUT2D eigenvalue weighted by Crippen LogP contribution is 2.49. The largest absolute Gasteiger partial charge is 0.493 e. The van der Waals surface area contributed by atoms with E-state index in [4.69, 9.17) is 24.6 Å². The first-order valence-corrected chi connectivity index (χ1v) is 13.8. The van der Waals surface area contributed by atoms with E-state index in [0.717, 1.165) is 45.7 Å². The van der Waals surface area contributed by atoms with Crippen LogP contribution in [0.1, 0.15) is 22.2 Å². The Hall–Kier alpha value is -4.89. The Kier molecular flexibility index (Phi) is 5.86. The number of aryl methyl sites for hydroxylation is 1. The number of methoxy groups -OCH3 is 2. The van der Waals surface area contributed by atoms with Gasteiger partial charge in [-0.1, -0.05) is 36.4 Å². The smallest absolute Gasteiger partial charge is 0.179 e. The number of anilines is 2. The lowest BCUT2D eigenvalue weighted by molar-refractivity contribution is 0.355. The molecule has 3 aromatic carbocycles. The molecule has 40 heavy (non-hydrogen) atoms. The Morgan fingerprint density at radius 1 is 0.850 bits per heavy atom. The van der Waals surface area contributed by atoms with E-state index in [1.807, 2.05) is 71.4 Å². The molecule has 2 aliphatic rings. The molecule has 5 aromatic rings. The number of thiophene rings is 1. The molecule has 0 fully saturated rings. The van der Waals surface area contributed by atoms with E-state index < -0.39 is 0 Å². The molecule has 0 aliphatic carbocycles. The number of rotatable bonds is 5. The topological polar surface area (TPSA) is 76.3 Å². The van der Waals surface area contributed by atoms with Crippen molar-refractivity contribution < 1.29 is 9.47 Å². The van der Waals surface area contributed by atoms with Crippen molar-refractivity contribution in [2.45, 2.75) is 13.0 Å². The lowest BCUT2D eigenvalue weighted by Gasteiger charge is -2.40.